The zero-order valence-electron chi connectivity index (χ0n) is 8.53. The van der Waals surface area contributed by atoms with Crippen LogP contribution in [0.2, 0.25) is 0 Å². The first-order chi connectivity index (χ1) is 6.93. The van der Waals surface area contributed by atoms with Crippen molar-refractivity contribution < 1.29 is 8.42 Å². The van der Waals surface area contributed by atoms with Gasteiger partial charge in [0.15, 0.2) is 9.84 Å². The van der Waals surface area contributed by atoms with E-state index in [-0.39, 0.29) is 11.5 Å². The Morgan fingerprint density at radius 2 is 2.00 bits per heavy atom. The highest BCUT2D eigenvalue weighted by molar-refractivity contribution is 9.10. The number of nitrogen functional groups attached to an aromatic ring is 1. The smallest absolute Gasteiger partial charge is 0.154 e. The van der Waals surface area contributed by atoms with Gasteiger partial charge in [-0.3, -0.25) is 0 Å². The zero-order chi connectivity index (χ0) is 11.5. The molecular formula is C10H14BrNO2S. The van der Waals surface area contributed by atoms with Gasteiger partial charge >= 0.3 is 0 Å². The molecule has 0 saturated carbocycles. The Balaban J connectivity index is 2.90. The SMILES string of the molecule is CCCS(=O)(=O)Cc1cc(N)cc(Br)c1. The lowest BCUT2D eigenvalue weighted by Crippen LogP contribution is -2.08. The van der Waals surface area contributed by atoms with Crippen LogP contribution in [0.4, 0.5) is 5.69 Å². The zero-order valence-corrected chi connectivity index (χ0v) is 10.9. The van der Waals surface area contributed by atoms with Crippen molar-refractivity contribution in [3.05, 3.63) is 28.2 Å². The van der Waals surface area contributed by atoms with Crippen LogP contribution in [-0.4, -0.2) is 14.2 Å². The summed E-state index contributed by atoms with van der Waals surface area (Å²) in [6.45, 7) is 1.85. The van der Waals surface area contributed by atoms with E-state index in [2.05, 4.69) is 15.9 Å². The molecule has 0 unspecified atom stereocenters. The highest BCUT2D eigenvalue weighted by Gasteiger charge is 2.11. The van der Waals surface area contributed by atoms with Crippen molar-refractivity contribution in [2.45, 2.75) is 19.1 Å². The topological polar surface area (TPSA) is 60.2 Å². The average Bonchev–Trinajstić information content (AvgIpc) is 1.99. The van der Waals surface area contributed by atoms with Gasteiger partial charge < -0.3 is 5.73 Å². The van der Waals surface area contributed by atoms with Crippen LogP contribution in [0.25, 0.3) is 0 Å². The van der Waals surface area contributed by atoms with Crippen LogP contribution >= 0.6 is 15.9 Å². The molecule has 1 rings (SSSR count). The van der Waals surface area contributed by atoms with Crippen molar-refractivity contribution in [1.82, 2.24) is 0 Å². The monoisotopic (exact) mass is 291 g/mol. The fraction of sp³-hybridized carbons (Fsp3) is 0.400. The molecule has 0 atom stereocenters. The van der Waals surface area contributed by atoms with Crippen LogP contribution in [0.1, 0.15) is 18.9 Å². The van der Waals surface area contributed by atoms with Gasteiger partial charge in [-0.15, -0.1) is 0 Å². The van der Waals surface area contributed by atoms with Crippen molar-refractivity contribution in [3.63, 3.8) is 0 Å². The molecule has 0 radical (unpaired) electrons. The van der Waals surface area contributed by atoms with Crippen LogP contribution < -0.4 is 5.73 Å². The molecule has 0 bridgehead atoms. The Kier molecular flexibility index (Phi) is 4.16. The van der Waals surface area contributed by atoms with Crippen molar-refractivity contribution in [2.75, 3.05) is 11.5 Å². The van der Waals surface area contributed by atoms with E-state index in [9.17, 15) is 8.42 Å². The maximum absolute atomic E-state index is 11.6. The standard InChI is InChI=1S/C10H14BrNO2S/c1-2-3-15(13,14)7-8-4-9(11)6-10(12)5-8/h4-6H,2-3,7,12H2,1H3. The summed E-state index contributed by atoms with van der Waals surface area (Å²) >= 11 is 3.28. The summed E-state index contributed by atoms with van der Waals surface area (Å²) in [6, 6.07) is 5.22. The van der Waals surface area contributed by atoms with E-state index in [1.807, 2.05) is 6.92 Å². The maximum Gasteiger partial charge on any atom is 0.154 e. The second kappa shape index (κ2) is 4.99. The summed E-state index contributed by atoms with van der Waals surface area (Å²) in [5.41, 5.74) is 6.93. The average molecular weight is 292 g/mol. The van der Waals surface area contributed by atoms with E-state index in [0.717, 1.165) is 10.0 Å². The summed E-state index contributed by atoms with van der Waals surface area (Å²) in [4.78, 5) is 0. The number of rotatable bonds is 4. The molecule has 0 aliphatic rings. The van der Waals surface area contributed by atoms with Gasteiger partial charge in [0, 0.05) is 10.2 Å². The third-order valence-corrected chi connectivity index (χ3v) is 4.14. The van der Waals surface area contributed by atoms with Gasteiger partial charge in [-0.2, -0.15) is 0 Å². The summed E-state index contributed by atoms with van der Waals surface area (Å²) < 4.78 is 23.9. The molecule has 0 spiro atoms. The number of sulfone groups is 1. The molecule has 0 amide bonds. The van der Waals surface area contributed by atoms with Crippen molar-refractivity contribution in [3.8, 4) is 0 Å². The van der Waals surface area contributed by atoms with E-state index >= 15 is 0 Å². The first kappa shape index (κ1) is 12.5. The van der Waals surface area contributed by atoms with Crippen LogP contribution in [-0.2, 0) is 15.6 Å². The van der Waals surface area contributed by atoms with Crippen LogP contribution in [0.15, 0.2) is 22.7 Å². The Hall–Kier alpha value is -0.550. The lowest BCUT2D eigenvalue weighted by Gasteiger charge is -2.05. The molecule has 3 nitrogen and oxygen atoms in total. The lowest BCUT2D eigenvalue weighted by molar-refractivity contribution is 0.594. The summed E-state index contributed by atoms with van der Waals surface area (Å²) in [5, 5.41) is 0. The minimum Gasteiger partial charge on any atom is -0.399 e. The molecule has 5 heteroatoms. The van der Waals surface area contributed by atoms with E-state index < -0.39 is 9.84 Å². The van der Waals surface area contributed by atoms with Crippen LogP contribution in [0.5, 0.6) is 0 Å². The number of benzene rings is 1. The van der Waals surface area contributed by atoms with Gasteiger partial charge in [-0.05, 0) is 30.2 Å². The van der Waals surface area contributed by atoms with E-state index in [0.29, 0.717) is 12.1 Å². The molecular weight excluding hydrogens is 278 g/mol. The second-order valence-electron chi connectivity index (χ2n) is 3.48. The summed E-state index contributed by atoms with van der Waals surface area (Å²) in [6.07, 6.45) is 0.645. The predicted molar refractivity (Wildman–Crippen MR) is 66.3 cm³/mol. The molecule has 0 saturated heterocycles. The van der Waals surface area contributed by atoms with Gasteiger partial charge in [0.05, 0.1) is 11.5 Å². The predicted octanol–water partition coefficient (Wildman–Crippen LogP) is 2.36. The highest BCUT2D eigenvalue weighted by Crippen LogP contribution is 2.19. The Bertz CT molecular complexity index is 422. The number of hydrogen-bond donors (Lipinski definition) is 1. The molecule has 0 aromatic heterocycles. The molecule has 1 aromatic carbocycles. The molecule has 0 heterocycles. The third-order valence-electron chi connectivity index (χ3n) is 1.88. The van der Waals surface area contributed by atoms with Gasteiger partial charge in [0.1, 0.15) is 0 Å². The van der Waals surface area contributed by atoms with E-state index in [1.54, 1.807) is 18.2 Å². The Morgan fingerprint density at radius 3 is 2.53 bits per heavy atom. The summed E-state index contributed by atoms with van der Waals surface area (Å²) in [5.74, 6) is 0.282. The fourth-order valence-corrected chi connectivity index (χ4v) is 3.40. The molecule has 0 aliphatic carbocycles. The molecule has 2 N–H and O–H groups in total. The molecule has 1 aromatic rings. The van der Waals surface area contributed by atoms with E-state index in [1.165, 1.54) is 0 Å². The van der Waals surface area contributed by atoms with Gasteiger partial charge in [-0.25, -0.2) is 8.42 Å². The maximum atomic E-state index is 11.6. The second-order valence-corrected chi connectivity index (χ2v) is 6.58. The number of nitrogens with two attached hydrogens (primary N) is 1. The minimum absolute atomic E-state index is 0.0600. The largest absolute Gasteiger partial charge is 0.399 e. The quantitative estimate of drug-likeness (QED) is 0.867. The van der Waals surface area contributed by atoms with Crippen molar-refractivity contribution in [2.24, 2.45) is 0 Å². The molecule has 0 aliphatic heterocycles. The molecule has 15 heavy (non-hydrogen) atoms. The van der Waals surface area contributed by atoms with Gasteiger partial charge in [0.25, 0.3) is 0 Å². The number of halogens is 1. The first-order valence-electron chi connectivity index (χ1n) is 4.68. The Morgan fingerprint density at radius 1 is 1.33 bits per heavy atom. The summed E-state index contributed by atoms with van der Waals surface area (Å²) in [7, 11) is -2.99. The fourth-order valence-electron chi connectivity index (χ4n) is 1.40. The Labute approximate surface area is 98.7 Å². The number of anilines is 1. The van der Waals surface area contributed by atoms with Gasteiger partial charge in [0.2, 0.25) is 0 Å². The van der Waals surface area contributed by atoms with Crippen molar-refractivity contribution >= 4 is 31.5 Å². The van der Waals surface area contributed by atoms with Gasteiger partial charge in [-0.1, -0.05) is 22.9 Å². The molecule has 84 valence electrons. The first-order valence-corrected chi connectivity index (χ1v) is 7.30. The minimum atomic E-state index is -2.99. The van der Waals surface area contributed by atoms with E-state index in [4.69, 9.17) is 5.73 Å². The highest BCUT2D eigenvalue weighted by atomic mass is 79.9. The lowest BCUT2D eigenvalue weighted by atomic mass is 10.2. The third kappa shape index (κ3) is 4.22. The number of hydrogen-bond acceptors (Lipinski definition) is 3. The molecule has 0 fully saturated rings. The normalized spacial score (nSPS) is 11.6. The van der Waals surface area contributed by atoms with Crippen molar-refractivity contribution in [1.29, 1.82) is 0 Å². The van der Waals surface area contributed by atoms with Crippen LogP contribution in [0.3, 0.4) is 0 Å². The van der Waals surface area contributed by atoms with Crippen LogP contribution in [0, 0.1) is 0 Å².